The minimum atomic E-state index is -3.93. The number of amides is 2. The summed E-state index contributed by atoms with van der Waals surface area (Å²) in [6.07, 6.45) is 3.47. The Morgan fingerprint density at radius 1 is 1.03 bits per heavy atom. The van der Waals surface area contributed by atoms with Crippen LogP contribution in [-0.2, 0) is 14.8 Å². The third-order valence-corrected chi connectivity index (χ3v) is 7.21. The number of benzene rings is 2. The minimum Gasteiger partial charge on any atom is -0.377 e. The predicted octanol–water partition coefficient (Wildman–Crippen LogP) is 2.94. The minimum absolute atomic E-state index is 0.0140. The zero-order valence-corrected chi connectivity index (χ0v) is 18.8. The number of anilines is 1. The van der Waals surface area contributed by atoms with Crippen LogP contribution in [0.3, 0.4) is 0 Å². The maximum absolute atomic E-state index is 12.8. The molecule has 1 aliphatic heterocycles. The Bertz CT molecular complexity index is 1130. The third-order valence-electron chi connectivity index (χ3n) is 5.30. The van der Waals surface area contributed by atoms with Crippen LogP contribution < -0.4 is 15.4 Å². The molecule has 3 N–H and O–H groups in total. The number of hydrogen-bond acceptors (Lipinski definition) is 5. The molecule has 0 bridgehead atoms. The van der Waals surface area contributed by atoms with Gasteiger partial charge in [-0.1, -0.05) is 17.7 Å². The van der Waals surface area contributed by atoms with Crippen LogP contribution in [0.1, 0.15) is 46.4 Å². The zero-order valence-electron chi connectivity index (χ0n) is 17.3. The molecule has 1 saturated carbocycles. The van der Waals surface area contributed by atoms with E-state index >= 15 is 0 Å². The van der Waals surface area contributed by atoms with Gasteiger partial charge in [-0.3, -0.25) is 9.59 Å². The molecule has 1 atom stereocenters. The standard InChI is InChI=1S/C22H24ClN3O5S/c23-19-9-6-15(12-20(19)32(29,30)24-13-18-5-2-10-31-18)22(28)26-17-4-1-3-14(11-17)21(27)25-16-7-8-16/h1,3-4,6,9,11-12,16,18,24H,2,5,7-8,10,13H2,(H,25,27)(H,26,28)/t18-/m0/s1. The van der Waals surface area contributed by atoms with Crippen molar-refractivity contribution in [3.05, 3.63) is 58.6 Å². The molecule has 2 fully saturated rings. The molecule has 2 aromatic rings. The largest absolute Gasteiger partial charge is 0.377 e. The highest BCUT2D eigenvalue weighted by atomic mass is 35.5. The number of sulfonamides is 1. The van der Waals surface area contributed by atoms with Crippen molar-refractivity contribution in [1.82, 2.24) is 10.0 Å². The topological polar surface area (TPSA) is 114 Å². The molecule has 2 aromatic carbocycles. The lowest BCUT2D eigenvalue weighted by molar-refractivity contribution is 0.0949. The van der Waals surface area contributed by atoms with E-state index in [0.717, 1.165) is 25.7 Å². The van der Waals surface area contributed by atoms with Crippen molar-refractivity contribution in [1.29, 1.82) is 0 Å². The van der Waals surface area contributed by atoms with E-state index in [1.807, 2.05) is 0 Å². The van der Waals surface area contributed by atoms with Gasteiger partial charge < -0.3 is 15.4 Å². The third kappa shape index (κ3) is 5.66. The maximum atomic E-state index is 12.8. The van der Waals surface area contributed by atoms with Crippen LogP contribution in [0.25, 0.3) is 0 Å². The number of carbonyl (C=O) groups is 2. The molecule has 0 unspecified atom stereocenters. The lowest BCUT2D eigenvalue weighted by Gasteiger charge is -2.13. The van der Waals surface area contributed by atoms with E-state index < -0.39 is 15.9 Å². The molecule has 4 rings (SSSR count). The fourth-order valence-corrected chi connectivity index (χ4v) is 4.96. The summed E-state index contributed by atoms with van der Waals surface area (Å²) in [7, 11) is -3.93. The van der Waals surface area contributed by atoms with Gasteiger partial charge in [-0.15, -0.1) is 0 Å². The Morgan fingerprint density at radius 3 is 2.53 bits per heavy atom. The fraction of sp³-hybridized carbons (Fsp3) is 0.364. The van der Waals surface area contributed by atoms with E-state index in [1.54, 1.807) is 24.3 Å². The van der Waals surface area contributed by atoms with Gasteiger partial charge in [0.2, 0.25) is 10.0 Å². The van der Waals surface area contributed by atoms with Crippen molar-refractivity contribution in [3.63, 3.8) is 0 Å². The molecule has 2 aliphatic rings. The summed E-state index contributed by atoms with van der Waals surface area (Å²) < 4.78 is 33.4. The fourth-order valence-electron chi connectivity index (χ4n) is 3.37. The molecule has 1 heterocycles. The van der Waals surface area contributed by atoms with Crippen LogP contribution in [0.2, 0.25) is 5.02 Å². The Hall–Kier alpha value is -2.46. The second kappa shape index (κ2) is 9.58. The second-order valence-corrected chi connectivity index (χ2v) is 10.1. The van der Waals surface area contributed by atoms with E-state index in [-0.39, 0.29) is 40.1 Å². The first kappa shape index (κ1) is 22.7. The van der Waals surface area contributed by atoms with Gasteiger partial charge in [-0.2, -0.15) is 0 Å². The van der Waals surface area contributed by atoms with Gasteiger partial charge in [-0.05, 0) is 62.1 Å². The lowest BCUT2D eigenvalue weighted by atomic mass is 10.1. The van der Waals surface area contributed by atoms with Crippen molar-refractivity contribution >= 4 is 39.1 Å². The number of rotatable bonds is 8. The summed E-state index contributed by atoms with van der Waals surface area (Å²) in [4.78, 5) is 24.8. The summed E-state index contributed by atoms with van der Waals surface area (Å²) in [5, 5.41) is 5.61. The predicted molar refractivity (Wildman–Crippen MR) is 120 cm³/mol. The average molecular weight is 478 g/mol. The summed E-state index contributed by atoms with van der Waals surface area (Å²) >= 11 is 6.12. The number of nitrogens with one attached hydrogen (secondary N) is 3. The lowest BCUT2D eigenvalue weighted by Crippen LogP contribution is -2.32. The van der Waals surface area contributed by atoms with Gasteiger partial charge in [0.05, 0.1) is 11.1 Å². The van der Waals surface area contributed by atoms with E-state index in [2.05, 4.69) is 15.4 Å². The molecule has 0 radical (unpaired) electrons. The Labute approximate surface area is 191 Å². The van der Waals surface area contributed by atoms with Crippen molar-refractivity contribution in [2.75, 3.05) is 18.5 Å². The van der Waals surface area contributed by atoms with Gasteiger partial charge >= 0.3 is 0 Å². The monoisotopic (exact) mass is 477 g/mol. The smallest absolute Gasteiger partial charge is 0.255 e. The Balaban J connectivity index is 1.46. The quantitative estimate of drug-likeness (QED) is 0.541. The first-order valence-electron chi connectivity index (χ1n) is 10.4. The molecule has 0 spiro atoms. The molecule has 2 amide bonds. The number of ether oxygens (including phenoxy) is 1. The summed E-state index contributed by atoms with van der Waals surface area (Å²) in [6.45, 7) is 0.761. The highest BCUT2D eigenvalue weighted by Gasteiger charge is 2.25. The Morgan fingerprint density at radius 2 is 1.81 bits per heavy atom. The molecule has 32 heavy (non-hydrogen) atoms. The van der Waals surface area contributed by atoms with Gasteiger partial charge in [0.1, 0.15) is 4.90 Å². The summed E-state index contributed by atoms with van der Waals surface area (Å²) in [5.74, 6) is -0.710. The highest BCUT2D eigenvalue weighted by Crippen LogP contribution is 2.24. The van der Waals surface area contributed by atoms with Gasteiger partial charge in [0.15, 0.2) is 0 Å². The molecule has 8 nitrogen and oxygen atoms in total. The SMILES string of the molecule is O=C(Nc1cccc(C(=O)NC2CC2)c1)c1ccc(Cl)c(S(=O)(=O)NC[C@@H]2CCCO2)c1. The van der Waals surface area contributed by atoms with Crippen LogP contribution in [0.15, 0.2) is 47.4 Å². The average Bonchev–Trinajstić information content (AvgIpc) is 3.42. The van der Waals surface area contributed by atoms with Gasteiger partial charge in [0, 0.05) is 36.0 Å². The number of halogens is 1. The van der Waals surface area contributed by atoms with E-state index in [1.165, 1.54) is 18.2 Å². The van der Waals surface area contributed by atoms with Crippen molar-refractivity contribution in [2.45, 2.75) is 42.7 Å². The molecular weight excluding hydrogens is 454 g/mol. The van der Waals surface area contributed by atoms with Crippen LogP contribution in [0.4, 0.5) is 5.69 Å². The summed E-state index contributed by atoms with van der Waals surface area (Å²) in [5.41, 5.74) is 0.987. The van der Waals surface area contributed by atoms with E-state index in [9.17, 15) is 18.0 Å². The molecular formula is C22H24ClN3O5S. The van der Waals surface area contributed by atoms with Gasteiger partial charge in [0.25, 0.3) is 11.8 Å². The van der Waals surface area contributed by atoms with E-state index in [4.69, 9.17) is 16.3 Å². The van der Waals surface area contributed by atoms with Crippen molar-refractivity contribution < 1.29 is 22.7 Å². The maximum Gasteiger partial charge on any atom is 0.255 e. The second-order valence-electron chi connectivity index (χ2n) is 7.91. The first-order chi connectivity index (χ1) is 15.3. The summed E-state index contributed by atoms with van der Waals surface area (Å²) in [6, 6.07) is 10.8. The van der Waals surface area contributed by atoms with Crippen LogP contribution in [0, 0.1) is 0 Å². The van der Waals surface area contributed by atoms with Crippen LogP contribution >= 0.6 is 11.6 Å². The van der Waals surface area contributed by atoms with Crippen LogP contribution in [-0.4, -0.2) is 45.5 Å². The molecule has 0 aromatic heterocycles. The molecule has 1 aliphatic carbocycles. The van der Waals surface area contributed by atoms with Crippen LogP contribution in [0.5, 0.6) is 0 Å². The highest BCUT2D eigenvalue weighted by molar-refractivity contribution is 7.89. The van der Waals surface area contributed by atoms with Crippen molar-refractivity contribution in [3.8, 4) is 0 Å². The molecule has 1 saturated heterocycles. The number of hydrogen-bond donors (Lipinski definition) is 3. The molecule has 10 heteroatoms. The first-order valence-corrected chi connectivity index (χ1v) is 12.3. The van der Waals surface area contributed by atoms with Gasteiger partial charge in [-0.25, -0.2) is 13.1 Å². The number of carbonyl (C=O) groups excluding carboxylic acids is 2. The normalized spacial score (nSPS) is 18.3. The van der Waals surface area contributed by atoms with E-state index in [0.29, 0.717) is 17.9 Å². The van der Waals surface area contributed by atoms with Crippen molar-refractivity contribution in [2.24, 2.45) is 0 Å². The Kier molecular flexibility index (Phi) is 6.80. The molecule has 170 valence electrons. The zero-order chi connectivity index (χ0) is 22.7.